The molecule has 0 radical (unpaired) electrons. The fourth-order valence-corrected chi connectivity index (χ4v) is 1.23. The number of hydrogen-bond donors (Lipinski definition) is 1. The maximum Gasteiger partial charge on any atom is 0.246 e. The van der Waals surface area contributed by atoms with Crippen LogP contribution in [0.4, 0.5) is 4.39 Å². The Bertz CT molecular complexity index is 507. The van der Waals surface area contributed by atoms with Crippen molar-refractivity contribution < 1.29 is 8.91 Å². The molecule has 2 rings (SSSR count). The molecule has 0 saturated heterocycles. The predicted octanol–water partition coefficient (Wildman–Crippen LogP) is 2.49. The van der Waals surface area contributed by atoms with Crippen molar-refractivity contribution in [2.24, 2.45) is 5.73 Å². The maximum absolute atomic E-state index is 13.0. The molecule has 0 amide bonds. The molecule has 0 aliphatic rings. The Balaban J connectivity index is 0.00000144. The summed E-state index contributed by atoms with van der Waals surface area (Å²) >= 11 is 0. The lowest BCUT2D eigenvalue weighted by Crippen LogP contribution is -2.28. The molecule has 0 spiro atoms. The summed E-state index contributed by atoms with van der Waals surface area (Å²) in [5, 5.41) is 3.76. The van der Waals surface area contributed by atoms with Gasteiger partial charge in [-0.05, 0) is 26.0 Å². The third-order valence-corrected chi connectivity index (χ3v) is 2.06. The van der Waals surface area contributed by atoms with Gasteiger partial charge < -0.3 is 10.3 Å². The first kappa shape index (κ1) is 13.6. The third kappa shape index (κ3) is 3.01. The quantitative estimate of drug-likeness (QED) is 0.898. The van der Waals surface area contributed by atoms with E-state index in [0.29, 0.717) is 17.3 Å². The normalized spacial score (nSPS) is 11.1. The van der Waals surface area contributed by atoms with Gasteiger partial charge >= 0.3 is 0 Å². The largest absolute Gasteiger partial charge is 0.337 e. The third-order valence-electron chi connectivity index (χ3n) is 2.06. The van der Waals surface area contributed by atoms with Crippen molar-refractivity contribution in [2.75, 3.05) is 0 Å². The molecule has 92 valence electrons. The number of halogens is 2. The first-order valence-corrected chi connectivity index (χ1v) is 4.86. The molecule has 0 aliphatic heterocycles. The summed E-state index contributed by atoms with van der Waals surface area (Å²) in [6.07, 6.45) is 0. The van der Waals surface area contributed by atoms with Gasteiger partial charge in [-0.15, -0.1) is 12.4 Å². The molecule has 1 aromatic heterocycles. The van der Waals surface area contributed by atoms with Crippen molar-refractivity contribution in [3.8, 4) is 11.4 Å². The second-order valence-electron chi connectivity index (χ2n) is 4.16. The van der Waals surface area contributed by atoms with Crippen molar-refractivity contribution in [3.63, 3.8) is 0 Å². The number of benzene rings is 1. The first-order chi connectivity index (χ1) is 7.47. The Kier molecular flexibility index (Phi) is 3.85. The monoisotopic (exact) mass is 257 g/mol. The van der Waals surface area contributed by atoms with Gasteiger partial charge in [0.2, 0.25) is 11.7 Å². The highest BCUT2D eigenvalue weighted by Gasteiger charge is 2.22. The van der Waals surface area contributed by atoms with Crippen LogP contribution in [0.25, 0.3) is 11.4 Å². The van der Waals surface area contributed by atoms with Gasteiger partial charge in [0.05, 0.1) is 5.54 Å². The van der Waals surface area contributed by atoms with Crippen LogP contribution in [0, 0.1) is 5.82 Å². The summed E-state index contributed by atoms with van der Waals surface area (Å²) in [4.78, 5) is 4.12. The Labute approximate surface area is 104 Å². The molecule has 2 N–H and O–H groups in total. The van der Waals surface area contributed by atoms with Crippen LogP contribution in [-0.4, -0.2) is 10.1 Å². The van der Waals surface area contributed by atoms with Gasteiger partial charge in [0.25, 0.3) is 0 Å². The fourth-order valence-electron chi connectivity index (χ4n) is 1.23. The Morgan fingerprint density at radius 3 is 2.59 bits per heavy atom. The minimum atomic E-state index is -0.696. The van der Waals surface area contributed by atoms with E-state index in [9.17, 15) is 4.39 Å². The van der Waals surface area contributed by atoms with Crippen molar-refractivity contribution in [1.29, 1.82) is 0 Å². The summed E-state index contributed by atoms with van der Waals surface area (Å²) in [6, 6.07) is 6.00. The van der Waals surface area contributed by atoms with E-state index in [-0.39, 0.29) is 18.2 Å². The van der Waals surface area contributed by atoms with Gasteiger partial charge in [0.1, 0.15) is 5.82 Å². The number of hydrogen-bond acceptors (Lipinski definition) is 4. The van der Waals surface area contributed by atoms with Crippen LogP contribution >= 0.6 is 12.4 Å². The van der Waals surface area contributed by atoms with E-state index in [2.05, 4.69) is 10.1 Å². The SMILES string of the molecule is CC(C)(N)c1nc(-c2cccc(F)c2)no1.Cl. The molecule has 2 aromatic rings. The highest BCUT2D eigenvalue weighted by Crippen LogP contribution is 2.20. The zero-order valence-corrected chi connectivity index (χ0v) is 10.3. The number of aromatic nitrogens is 2. The molecule has 0 unspecified atom stereocenters. The molecule has 17 heavy (non-hydrogen) atoms. The second kappa shape index (κ2) is 4.81. The number of nitrogens with zero attached hydrogens (tertiary/aromatic N) is 2. The molecular formula is C11H13ClFN3O. The predicted molar refractivity (Wildman–Crippen MR) is 64.2 cm³/mol. The molecule has 6 heteroatoms. The summed E-state index contributed by atoms with van der Waals surface area (Å²) in [5.74, 6) is 0.329. The molecule has 1 heterocycles. The van der Waals surface area contributed by atoms with Crippen LogP contribution in [0.5, 0.6) is 0 Å². The Morgan fingerprint density at radius 2 is 2.06 bits per heavy atom. The van der Waals surface area contributed by atoms with Crippen LogP contribution in [0.3, 0.4) is 0 Å². The fraction of sp³-hybridized carbons (Fsp3) is 0.273. The van der Waals surface area contributed by atoms with E-state index < -0.39 is 5.54 Å². The van der Waals surface area contributed by atoms with Crippen LogP contribution in [0.2, 0.25) is 0 Å². The van der Waals surface area contributed by atoms with Gasteiger partial charge in [-0.1, -0.05) is 17.3 Å². The smallest absolute Gasteiger partial charge is 0.246 e. The maximum atomic E-state index is 13.0. The second-order valence-corrected chi connectivity index (χ2v) is 4.16. The number of nitrogens with two attached hydrogens (primary N) is 1. The standard InChI is InChI=1S/C11H12FN3O.ClH/c1-11(2,13)10-14-9(15-16-10)7-4-3-5-8(12)6-7;/h3-6H,13H2,1-2H3;1H. The summed E-state index contributed by atoms with van der Waals surface area (Å²) < 4.78 is 18.0. The van der Waals surface area contributed by atoms with Crippen molar-refractivity contribution in [1.82, 2.24) is 10.1 Å². The molecular weight excluding hydrogens is 245 g/mol. The summed E-state index contributed by atoms with van der Waals surface area (Å²) in [5.41, 5.74) is 5.68. The Hall–Kier alpha value is -1.46. The first-order valence-electron chi connectivity index (χ1n) is 4.86. The van der Waals surface area contributed by atoms with Crippen LogP contribution in [-0.2, 0) is 5.54 Å². The average Bonchev–Trinajstić information content (AvgIpc) is 2.65. The molecule has 4 nitrogen and oxygen atoms in total. The van der Waals surface area contributed by atoms with Crippen LogP contribution < -0.4 is 5.73 Å². The zero-order chi connectivity index (χ0) is 11.8. The summed E-state index contributed by atoms with van der Waals surface area (Å²) in [6.45, 7) is 3.52. The zero-order valence-electron chi connectivity index (χ0n) is 9.48. The minimum Gasteiger partial charge on any atom is -0.337 e. The molecule has 0 atom stereocenters. The van der Waals surface area contributed by atoms with Gasteiger partial charge in [-0.3, -0.25) is 0 Å². The van der Waals surface area contributed by atoms with E-state index in [1.54, 1.807) is 26.0 Å². The topological polar surface area (TPSA) is 64.9 Å². The van der Waals surface area contributed by atoms with E-state index in [0.717, 1.165) is 0 Å². The molecule has 0 bridgehead atoms. The molecule has 0 fully saturated rings. The average molecular weight is 258 g/mol. The van der Waals surface area contributed by atoms with Crippen molar-refractivity contribution in [3.05, 3.63) is 36.0 Å². The van der Waals surface area contributed by atoms with E-state index in [1.807, 2.05) is 0 Å². The lowest BCUT2D eigenvalue weighted by atomic mass is 10.1. The van der Waals surface area contributed by atoms with Gasteiger partial charge in [0.15, 0.2) is 0 Å². The van der Waals surface area contributed by atoms with Crippen molar-refractivity contribution >= 4 is 12.4 Å². The lowest BCUT2D eigenvalue weighted by Gasteiger charge is -2.10. The minimum absolute atomic E-state index is 0. The van der Waals surface area contributed by atoms with Gasteiger partial charge in [-0.25, -0.2) is 4.39 Å². The molecule has 1 aromatic carbocycles. The van der Waals surface area contributed by atoms with Crippen LogP contribution in [0.1, 0.15) is 19.7 Å². The van der Waals surface area contributed by atoms with Crippen molar-refractivity contribution in [2.45, 2.75) is 19.4 Å². The van der Waals surface area contributed by atoms with E-state index in [1.165, 1.54) is 12.1 Å². The van der Waals surface area contributed by atoms with Gasteiger partial charge in [0, 0.05) is 5.56 Å². The van der Waals surface area contributed by atoms with Gasteiger partial charge in [-0.2, -0.15) is 4.98 Å². The lowest BCUT2D eigenvalue weighted by molar-refractivity contribution is 0.312. The summed E-state index contributed by atoms with van der Waals surface area (Å²) in [7, 11) is 0. The molecule has 0 aliphatic carbocycles. The Morgan fingerprint density at radius 1 is 1.35 bits per heavy atom. The number of rotatable bonds is 2. The highest BCUT2D eigenvalue weighted by atomic mass is 35.5. The van der Waals surface area contributed by atoms with E-state index in [4.69, 9.17) is 10.3 Å². The van der Waals surface area contributed by atoms with Crippen LogP contribution in [0.15, 0.2) is 28.8 Å². The molecule has 0 saturated carbocycles. The highest BCUT2D eigenvalue weighted by molar-refractivity contribution is 5.85. The van der Waals surface area contributed by atoms with E-state index >= 15 is 0 Å².